The normalized spacial score (nSPS) is 10.6. The molecule has 2 aromatic rings. The maximum absolute atomic E-state index is 12.8. The highest BCUT2D eigenvalue weighted by atomic mass is 32.2. The van der Waals surface area contributed by atoms with Crippen LogP contribution in [0.2, 0.25) is 0 Å². The molecule has 0 aliphatic rings. The molecular formula is C19H22FN3O2S. The summed E-state index contributed by atoms with van der Waals surface area (Å²) in [6, 6.07) is 13.5. The van der Waals surface area contributed by atoms with Gasteiger partial charge in [0.05, 0.1) is 18.8 Å². The first-order chi connectivity index (χ1) is 12.5. The Balaban J connectivity index is 1.76. The minimum absolute atomic E-state index is 0.0960. The van der Waals surface area contributed by atoms with Crippen molar-refractivity contribution in [3.05, 3.63) is 59.9 Å². The molecule has 0 atom stereocenters. The zero-order valence-electron chi connectivity index (χ0n) is 14.8. The lowest BCUT2D eigenvalue weighted by Gasteiger charge is -2.16. The van der Waals surface area contributed by atoms with E-state index in [0.717, 1.165) is 16.1 Å². The van der Waals surface area contributed by atoms with Gasteiger partial charge in [0.1, 0.15) is 5.82 Å². The Hall–Kier alpha value is -2.38. The van der Waals surface area contributed by atoms with Crippen LogP contribution in [0.1, 0.15) is 5.56 Å². The molecule has 0 bridgehead atoms. The summed E-state index contributed by atoms with van der Waals surface area (Å²) in [4.78, 5) is 26.7. The lowest BCUT2D eigenvalue weighted by atomic mass is 10.2. The third-order valence-electron chi connectivity index (χ3n) is 3.61. The Bertz CT molecular complexity index is 753. The van der Waals surface area contributed by atoms with Crippen LogP contribution in [0.3, 0.4) is 0 Å². The number of likely N-dealkylation sites (N-methyl/N-ethyl adjacent to an activating group) is 1. The number of anilines is 1. The Kier molecular flexibility index (Phi) is 7.62. The van der Waals surface area contributed by atoms with E-state index in [-0.39, 0.29) is 30.7 Å². The maximum atomic E-state index is 12.8. The Morgan fingerprint density at radius 2 is 1.69 bits per heavy atom. The number of carbonyl (C=O) groups excluding carboxylic acids is 2. The number of amides is 2. The summed E-state index contributed by atoms with van der Waals surface area (Å²) >= 11 is 1.56. The fourth-order valence-corrected chi connectivity index (χ4v) is 2.90. The highest BCUT2D eigenvalue weighted by Crippen LogP contribution is 2.24. The van der Waals surface area contributed by atoms with Gasteiger partial charge in [0.25, 0.3) is 0 Å². The first-order valence-electron chi connectivity index (χ1n) is 8.10. The van der Waals surface area contributed by atoms with Crippen molar-refractivity contribution < 1.29 is 14.0 Å². The molecule has 0 saturated heterocycles. The fraction of sp³-hybridized carbons (Fsp3) is 0.263. The number of thioether (sulfide) groups is 1. The van der Waals surface area contributed by atoms with Crippen molar-refractivity contribution in [3.63, 3.8) is 0 Å². The molecule has 0 spiro atoms. The number of carbonyl (C=O) groups is 2. The Morgan fingerprint density at radius 1 is 1.04 bits per heavy atom. The summed E-state index contributed by atoms with van der Waals surface area (Å²) in [5, 5.41) is 5.61. The molecule has 0 saturated carbocycles. The van der Waals surface area contributed by atoms with Crippen molar-refractivity contribution in [1.29, 1.82) is 0 Å². The summed E-state index contributed by atoms with van der Waals surface area (Å²) in [5.74, 6) is -0.691. The van der Waals surface area contributed by atoms with Gasteiger partial charge in [0, 0.05) is 11.4 Å². The molecule has 0 aromatic heterocycles. The zero-order valence-corrected chi connectivity index (χ0v) is 15.6. The van der Waals surface area contributed by atoms with E-state index in [2.05, 4.69) is 10.6 Å². The number of hydrogen-bond acceptors (Lipinski definition) is 4. The molecule has 0 aliphatic carbocycles. The van der Waals surface area contributed by atoms with Crippen molar-refractivity contribution in [1.82, 2.24) is 10.2 Å². The molecule has 0 fully saturated rings. The number of hydrogen-bond donors (Lipinski definition) is 2. The number of para-hydroxylation sites is 1. The molecule has 2 amide bonds. The predicted octanol–water partition coefficient (Wildman–Crippen LogP) is 2.73. The first kappa shape index (κ1) is 19.9. The molecule has 2 rings (SSSR count). The number of nitrogens with zero attached hydrogens (tertiary/aromatic N) is 1. The van der Waals surface area contributed by atoms with Crippen molar-refractivity contribution in [2.75, 3.05) is 31.7 Å². The van der Waals surface area contributed by atoms with Crippen LogP contribution >= 0.6 is 11.8 Å². The largest absolute Gasteiger partial charge is 0.351 e. The van der Waals surface area contributed by atoms with Gasteiger partial charge in [0.15, 0.2) is 0 Å². The molecule has 7 heteroatoms. The first-order valence-corrected chi connectivity index (χ1v) is 9.33. The average molecular weight is 375 g/mol. The van der Waals surface area contributed by atoms with Gasteiger partial charge < -0.3 is 10.6 Å². The summed E-state index contributed by atoms with van der Waals surface area (Å²) in [6.07, 6.45) is 1.95. The van der Waals surface area contributed by atoms with E-state index in [9.17, 15) is 14.0 Å². The second-order valence-corrected chi connectivity index (χ2v) is 6.67. The predicted molar refractivity (Wildman–Crippen MR) is 103 cm³/mol. The lowest BCUT2D eigenvalue weighted by Crippen LogP contribution is -2.38. The number of benzene rings is 2. The van der Waals surface area contributed by atoms with Crippen molar-refractivity contribution >= 4 is 29.3 Å². The van der Waals surface area contributed by atoms with E-state index in [0.29, 0.717) is 6.54 Å². The lowest BCUT2D eigenvalue weighted by molar-refractivity contribution is -0.123. The molecule has 138 valence electrons. The van der Waals surface area contributed by atoms with Crippen LogP contribution in [0.5, 0.6) is 0 Å². The van der Waals surface area contributed by atoms with E-state index in [1.165, 1.54) is 12.1 Å². The van der Waals surface area contributed by atoms with Crippen LogP contribution in [-0.4, -0.2) is 43.1 Å². The number of halogens is 1. The molecule has 0 heterocycles. The van der Waals surface area contributed by atoms with E-state index >= 15 is 0 Å². The van der Waals surface area contributed by atoms with Gasteiger partial charge in [-0.2, -0.15) is 0 Å². The van der Waals surface area contributed by atoms with Crippen LogP contribution < -0.4 is 10.6 Å². The molecule has 26 heavy (non-hydrogen) atoms. The van der Waals surface area contributed by atoms with Crippen LogP contribution in [0.15, 0.2) is 53.4 Å². The second kappa shape index (κ2) is 9.94. The van der Waals surface area contributed by atoms with E-state index < -0.39 is 0 Å². The third-order valence-corrected chi connectivity index (χ3v) is 4.41. The summed E-state index contributed by atoms with van der Waals surface area (Å²) in [7, 11) is 1.71. The molecule has 2 N–H and O–H groups in total. The van der Waals surface area contributed by atoms with Crippen LogP contribution in [-0.2, 0) is 16.1 Å². The van der Waals surface area contributed by atoms with Crippen molar-refractivity contribution in [2.45, 2.75) is 11.4 Å². The highest BCUT2D eigenvalue weighted by Gasteiger charge is 2.12. The van der Waals surface area contributed by atoms with Gasteiger partial charge in [-0.3, -0.25) is 14.5 Å². The number of rotatable bonds is 8. The molecular weight excluding hydrogens is 353 g/mol. The van der Waals surface area contributed by atoms with E-state index in [1.807, 2.05) is 30.5 Å². The Labute approximate surface area is 157 Å². The summed E-state index contributed by atoms with van der Waals surface area (Å²) in [5.41, 5.74) is 1.58. The van der Waals surface area contributed by atoms with Crippen molar-refractivity contribution in [2.24, 2.45) is 0 Å². The van der Waals surface area contributed by atoms with E-state index in [1.54, 1.807) is 35.8 Å². The topological polar surface area (TPSA) is 61.4 Å². The Morgan fingerprint density at radius 3 is 2.38 bits per heavy atom. The summed E-state index contributed by atoms with van der Waals surface area (Å²) in [6.45, 7) is 0.520. The quantitative estimate of drug-likeness (QED) is 0.697. The fourth-order valence-electron chi connectivity index (χ4n) is 2.34. The van der Waals surface area contributed by atoms with Gasteiger partial charge >= 0.3 is 0 Å². The van der Waals surface area contributed by atoms with Gasteiger partial charge in [-0.05, 0) is 43.1 Å². The molecule has 0 aliphatic heterocycles. The molecule has 2 aromatic carbocycles. The van der Waals surface area contributed by atoms with Gasteiger partial charge in [-0.15, -0.1) is 11.8 Å². The monoisotopic (exact) mass is 375 g/mol. The highest BCUT2D eigenvalue weighted by molar-refractivity contribution is 7.98. The zero-order chi connectivity index (χ0) is 18.9. The SMILES string of the molecule is CSc1ccccc1NC(=O)CN(C)CC(=O)NCc1ccc(F)cc1. The van der Waals surface area contributed by atoms with Crippen LogP contribution in [0, 0.1) is 5.82 Å². The van der Waals surface area contributed by atoms with Gasteiger partial charge in [-0.1, -0.05) is 24.3 Å². The standard InChI is InChI=1S/C19H22FN3O2S/c1-23(12-18(24)21-11-14-7-9-15(20)10-8-14)13-19(25)22-16-5-3-4-6-17(16)26-2/h3-10H,11-13H2,1-2H3,(H,21,24)(H,22,25). The number of nitrogens with one attached hydrogen (secondary N) is 2. The van der Waals surface area contributed by atoms with Gasteiger partial charge in [0.2, 0.25) is 11.8 Å². The molecule has 0 unspecified atom stereocenters. The smallest absolute Gasteiger partial charge is 0.238 e. The molecule has 5 nitrogen and oxygen atoms in total. The van der Waals surface area contributed by atoms with Crippen LogP contribution in [0.4, 0.5) is 10.1 Å². The molecule has 0 radical (unpaired) electrons. The minimum atomic E-state index is -0.311. The van der Waals surface area contributed by atoms with E-state index in [4.69, 9.17) is 0 Å². The van der Waals surface area contributed by atoms with Crippen LogP contribution in [0.25, 0.3) is 0 Å². The average Bonchev–Trinajstić information content (AvgIpc) is 2.61. The maximum Gasteiger partial charge on any atom is 0.238 e. The van der Waals surface area contributed by atoms with Gasteiger partial charge in [-0.25, -0.2) is 4.39 Å². The van der Waals surface area contributed by atoms with Crippen molar-refractivity contribution in [3.8, 4) is 0 Å². The summed E-state index contributed by atoms with van der Waals surface area (Å²) < 4.78 is 12.8. The third kappa shape index (κ3) is 6.50. The second-order valence-electron chi connectivity index (χ2n) is 5.82. The minimum Gasteiger partial charge on any atom is -0.351 e.